The Morgan fingerprint density at radius 2 is 2.06 bits per heavy atom. The Kier molecular flexibility index (Phi) is 3.99. The maximum absolute atomic E-state index is 5.34. The molecule has 0 aliphatic rings. The molecule has 0 bridgehead atoms. The zero-order valence-electron chi connectivity index (χ0n) is 11.0. The third-order valence-corrected chi connectivity index (χ3v) is 2.74. The van der Waals surface area contributed by atoms with Gasteiger partial charge in [-0.1, -0.05) is 23.4 Å². The second-order valence-electron chi connectivity index (χ2n) is 4.42. The van der Waals surface area contributed by atoms with Crippen LogP contribution in [0.4, 0.5) is 0 Å². The van der Waals surface area contributed by atoms with Gasteiger partial charge in [-0.25, -0.2) is 0 Å². The summed E-state index contributed by atoms with van der Waals surface area (Å²) in [6.07, 6.45) is 0. The van der Waals surface area contributed by atoms with Gasteiger partial charge >= 0.3 is 0 Å². The van der Waals surface area contributed by atoms with Crippen LogP contribution in [-0.4, -0.2) is 24.2 Å². The van der Waals surface area contributed by atoms with Gasteiger partial charge in [-0.2, -0.15) is 0 Å². The lowest BCUT2D eigenvalue weighted by atomic mass is 10.2. The average Bonchev–Trinajstić information content (AvgIpc) is 2.75. The first-order chi connectivity index (χ1) is 8.69. The molecule has 1 aromatic heterocycles. The molecule has 0 amide bonds. The number of benzene rings is 1. The third-order valence-electron chi connectivity index (χ3n) is 2.74. The fourth-order valence-corrected chi connectivity index (χ4v) is 1.94. The summed E-state index contributed by atoms with van der Waals surface area (Å²) in [5.74, 6) is 1.79. The van der Waals surface area contributed by atoms with Crippen molar-refractivity contribution in [1.29, 1.82) is 0 Å². The van der Waals surface area contributed by atoms with E-state index in [0.717, 1.165) is 30.3 Å². The van der Waals surface area contributed by atoms with E-state index in [2.05, 4.69) is 16.1 Å². The second kappa shape index (κ2) is 5.69. The number of methoxy groups -OCH3 is 1. The lowest BCUT2D eigenvalue weighted by molar-refractivity contribution is 0.262. The highest BCUT2D eigenvalue weighted by molar-refractivity contribution is 5.33. The van der Waals surface area contributed by atoms with E-state index < -0.39 is 0 Å². The lowest BCUT2D eigenvalue weighted by Crippen LogP contribution is -2.17. The fraction of sp³-hybridized carbons (Fsp3) is 0.357. The molecule has 0 saturated heterocycles. The zero-order valence-corrected chi connectivity index (χ0v) is 11.0. The topological polar surface area (TPSA) is 38.5 Å². The number of aryl methyl sites for hydroxylation is 1. The van der Waals surface area contributed by atoms with E-state index in [-0.39, 0.29) is 0 Å². The van der Waals surface area contributed by atoms with E-state index in [9.17, 15) is 0 Å². The monoisotopic (exact) mass is 246 g/mol. The highest BCUT2D eigenvalue weighted by Gasteiger charge is 2.08. The number of para-hydroxylation sites is 1. The van der Waals surface area contributed by atoms with E-state index >= 15 is 0 Å². The van der Waals surface area contributed by atoms with E-state index in [4.69, 9.17) is 9.26 Å². The van der Waals surface area contributed by atoms with Gasteiger partial charge in [0.05, 0.1) is 19.3 Å². The zero-order chi connectivity index (χ0) is 13.0. The number of nitrogens with zero attached hydrogens (tertiary/aromatic N) is 2. The molecule has 0 spiro atoms. The van der Waals surface area contributed by atoms with Crippen LogP contribution in [-0.2, 0) is 13.1 Å². The largest absolute Gasteiger partial charge is 0.496 e. The summed E-state index contributed by atoms with van der Waals surface area (Å²) >= 11 is 0. The van der Waals surface area contributed by atoms with Crippen LogP contribution in [0.1, 0.15) is 17.0 Å². The molecule has 0 aliphatic heterocycles. The minimum atomic E-state index is 0.735. The highest BCUT2D eigenvalue weighted by Crippen LogP contribution is 2.19. The van der Waals surface area contributed by atoms with Gasteiger partial charge in [-0.15, -0.1) is 0 Å². The minimum absolute atomic E-state index is 0.735. The number of ether oxygens (including phenoxy) is 1. The van der Waals surface area contributed by atoms with Crippen molar-refractivity contribution in [2.24, 2.45) is 0 Å². The van der Waals surface area contributed by atoms with Crippen molar-refractivity contribution in [3.05, 3.63) is 47.3 Å². The molecular weight excluding hydrogens is 228 g/mol. The summed E-state index contributed by atoms with van der Waals surface area (Å²) in [5, 5.41) is 3.88. The Morgan fingerprint density at radius 3 is 2.72 bits per heavy atom. The SMILES string of the molecule is COc1ccccc1CN(C)Cc1cc(C)no1. The molecule has 0 N–H and O–H groups in total. The molecule has 1 aromatic carbocycles. The smallest absolute Gasteiger partial charge is 0.150 e. The molecule has 0 aliphatic carbocycles. The molecule has 4 heteroatoms. The molecule has 1 heterocycles. The number of rotatable bonds is 5. The van der Waals surface area contributed by atoms with Crippen LogP contribution < -0.4 is 4.74 Å². The number of aromatic nitrogens is 1. The second-order valence-corrected chi connectivity index (χ2v) is 4.42. The summed E-state index contributed by atoms with van der Waals surface area (Å²) in [6.45, 7) is 3.47. The quantitative estimate of drug-likeness (QED) is 0.813. The molecule has 0 saturated carbocycles. The van der Waals surface area contributed by atoms with Crippen molar-refractivity contribution in [3.8, 4) is 5.75 Å². The summed E-state index contributed by atoms with van der Waals surface area (Å²) < 4.78 is 10.5. The highest BCUT2D eigenvalue weighted by atomic mass is 16.5. The summed E-state index contributed by atoms with van der Waals surface area (Å²) in [6, 6.07) is 9.99. The number of hydrogen-bond donors (Lipinski definition) is 0. The molecular formula is C14H18N2O2. The maximum Gasteiger partial charge on any atom is 0.150 e. The molecule has 0 fully saturated rings. The lowest BCUT2D eigenvalue weighted by Gasteiger charge is -2.16. The Balaban J connectivity index is 2.00. The van der Waals surface area contributed by atoms with Gasteiger partial charge in [0.15, 0.2) is 5.76 Å². The Hall–Kier alpha value is -1.81. The van der Waals surface area contributed by atoms with Crippen LogP contribution in [0.5, 0.6) is 5.75 Å². The maximum atomic E-state index is 5.34. The van der Waals surface area contributed by atoms with Gasteiger partial charge in [0.2, 0.25) is 0 Å². The first kappa shape index (κ1) is 12.6. The molecule has 0 radical (unpaired) electrons. The molecule has 0 unspecified atom stereocenters. The van der Waals surface area contributed by atoms with E-state index in [1.165, 1.54) is 5.56 Å². The normalized spacial score (nSPS) is 10.9. The molecule has 4 nitrogen and oxygen atoms in total. The average molecular weight is 246 g/mol. The third kappa shape index (κ3) is 3.11. The predicted octanol–water partition coefficient (Wildman–Crippen LogP) is 2.62. The van der Waals surface area contributed by atoms with Crippen molar-refractivity contribution in [2.75, 3.05) is 14.2 Å². The molecule has 2 aromatic rings. The molecule has 96 valence electrons. The van der Waals surface area contributed by atoms with Crippen molar-refractivity contribution in [2.45, 2.75) is 20.0 Å². The van der Waals surface area contributed by atoms with Gasteiger partial charge in [0, 0.05) is 18.2 Å². The van der Waals surface area contributed by atoms with Crippen LogP contribution >= 0.6 is 0 Å². The standard InChI is InChI=1S/C14H18N2O2/c1-11-8-13(18-15-11)10-16(2)9-12-6-4-5-7-14(12)17-3/h4-8H,9-10H2,1-3H3. The Morgan fingerprint density at radius 1 is 1.28 bits per heavy atom. The van der Waals surface area contributed by atoms with Crippen LogP contribution in [0.3, 0.4) is 0 Å². The van der Waals surface area contributed by atoms with Crippen LogP contribution in [0, 0.1) is 6.92 Å². The molecule has 0 atom stereocenters. The van der Waals surface area contributed by atoms with Crippen LogP contribution in [0.15, 0.2) is 34.9 Å². The summed E-state index contributed by atoms with van der Waals surface area (Å²) in [5.41, 5.74) is 2.08. The minimum Gasteiger partial charge on any atom is -0.496 e. The van der Waals surface area contributed by atoms with E-state index in [1.54, 1.807) is 7.11 Å². The van der Waals surface area contributed by atoms with Crippen molar-refractivity contribution >= 4 is 0 Å². The van der Waals surface area contributed by atoms with Gasteiger partial charge in [-0.05, 0) is 20.0 Å². The van der Waals surface area contributed by atoms with Crippen LogP contribution in [0.2, 0.25) is 0 Å². The Bertz CT molecular complexity index is 508. The summed E-state index contributed by atoms with van der Waals surface area (Å²) in [4.78, 5) is 2.16. The first-order valence-electron chi connectivity index (χ1n) is 5.91. The fourth-order valence-electron chi connectivity index (χ4n) is 1.94. The van der Waals surface area contributed by atoms with Gasteiger partial charge in [0.25, 0.3) is 0 Å². The first-order valence-corrected chi connectivity index (χ1v) is 5.91. The van der Waals surface area contributed by atoms with Gasteiger partial charge < -0.3 is 9.26 Å². The Labute approximate surface area is 107 Å². The molecule has 2 rings (SSSR count). The number of hydrogen-bond acceptors (Lipinski definition) is 4. The van der Waals surface area contributed by atoms with Crippen molar-refractivity contribution < 1.29 is 9.26 Å². The predicted molar refractivity (Wildman–Crippen MR) is 69.4 cm³/mol. The van der Waals surface area contributed by atoms with E-state index in [1.807, 2.05) is 38.2 Å². The van der Waals surface area contributed by atoms with Crippen LogP contribution in [0.25, 0.3) is 0 Å². The van der Waals surface area contributed by atoms with E-state index in [0.29, 0.717) is 0 Å². The van der Waals surface area contributed by atoms with Crippen molar-refractivity contribution in [1.82, 2.24) is 10.1 Å². The molecule has 18 heavy (non-hydrogen) atoms. The van der Waals surface area contributed by atoms with Crippen molar-refractivity contribution in [3.63, 3.8) is 0 Å². The van der Waals surface area contributed by atoms with Gasteiger partial charge in [0.1, 0.15) is 5.75 Å². The van der Waals surface area contributed by atoms with Gasteiger partial charge in [-0.3, -0.25) is 4.90 Å². The summed E-state index contributed by atoms with van der Waals surface area (Å²) in [7, 11) is 3.74.